The monoisotopic (exact) mass is 143 g/mol. The van der Waals surface area contributed by atoms with Crippen molar-refractivity contribution < 1.29 is 14.6 Å². The van der Waals surface area contributed by atoms with E-state index in [-0.39, 0.29) is 12.6 Å². The third kappa shape index (κ3) is 1.27. The zero-order chi connectivity index (χ0) is 7.56. The number of ether oxygens (including phenoxy) is 1. The van der Waals surface area contributed by atoms with Crippen LogP contribution in [0.2, 0.25) is 0 Å². The van der Waals surface area contributed by atoms with Crippen molar-refractivity contribution in [2.45, 2.75) is 12.1 Å². The maximum Gasteiger partial charge on any atom is 0.407 e. The number of hydrogen-bond donors (Lipinski definition) is 2. The molecule has 56 valence electrons. The van der Waals surface area contributed by atoms with Crippen LogP contribution in [0.3, 0.4) is 0 Å². The Bertz CT molecular complexity index is 157. The first-order valence-electron chi connectivity index (χ1n) is 2.98. The molecular weight excluding hydrogens is 134 g/mol. The van der Waals surface area contributed by atoms with Crippen LogP contribution in [0.5, 0.6) is 0 Å². The van der Waals surface area contributed by atoms with Crippen LogP contribution in [0.1, 0.15) is 0 Å². The second-order valence-corrected chi connectivity index (χ2v) is 2.08. The highest BCUT2D eigenvalue weighted by molar-refractivity contribution is 5.69. The minimum absolute atomic E-state index is 0.214. The molecule has 0 aromatic heterocycles. The van der Waals surface area contributed by atoms with Crippen molar-refractivity contribution in [2.75, 3.05) is 6.61 Å². The molecule has 4 nitrogen and oxygen atoms in total. The summed E-state index contributed by atoms with van der Waals surface area (Å²) in [6, 6.07) is -0.329. The Labute approximate surface area is 58.5 Å². The van der Waals surface area contributed by atoms with E-state index in [0.29, 0.717) is 0 Å². The highest BCUT2D eigenvalue weighted by atomic mass is 16.6. The number of nitrogens with one attached hydrogen (secondary N) is 1. The fourth-order valence-corrected chi connectivity index (χ4v) is 0.748. The summed E-state index contributed by atoms with van der Waals surface area (Å²) in [6.07, 6.45) is 0.164. The van der Waals surface area contributed by atoms with Gasteiger partial charge >= 0.3 is 6.09 Å². The first-order chi connectivity index (χ1) is 4.74. The van der Waals surface area contributed by atoms with Crippen molar-refractivity contribution in [1.29, 1.82) is 0 Å². The molecule has 0 unspecified atom stereocenters. The predicted octanol–water partition coefficient (Wildman–Crippen LogP) is -0.358. The van der Waals surface area contributed by atoms with Gasteiger partial charge in [0.05, 0.1) is 12.1 Å². The lowest BCUT2D eigenvalue weighted by Gasteiger charge is -2.09. The van der Waals surface area contributed by atoms with E-state index in [0.717, 1.165) is 0 Å². The van der Waals surface area contributed by atoms with Gasteiger partial charge in [-0.1, -0.05) is 6.08 Å². The fourth-order valence-electron chi connectivity index (χ4n) is 0.748. The highest BCUT2D eigenvalue weighted by Gasteiger charge is 2.26. The topological polar surface area (TPSA) is 58.6 Å². The van der Waals surface area contributed by atoms with Gasteiger partial charge in [0.1, 0.15) is 6.61 Å². The number of rotatable bonds is 2. The molecule has 1 fully saturated rings. The van der Waals surface area contributed by atoms with Crippen LogP contribution >= 0.6 is 0 Å². The molecule has 0 spiro atoms. The summed E-state index contributed by atoms with van der Waals surface area (Å²) in [5.74, 6) is 0. The van der Waals surface area contributed by atoms with Crippen LogP contribution in [0, 0.1) is 0 Å². The number of aliphatic hydroxyl groups excluding tert-OH is 1. The average molecular weight is 143 g/mol. The molecule has 0 aromatic rings. The van der Waals surface area contributed by atoms with Crippen LogP contribution in [0.15, 0.2) is 12.7 Å². The SMILES string of the molecule is C=C[C@H](O)[C@H]1COC(=O)N1. The minimum atomic E-state index is -0.716. The van der Waals surface area contributed by atoms with Crippen LogP contribution < -0.4 is 5.32 Å². The molecule has 10 heavy (non-hydrogen) atoms. The normalized spacial score (nSPS) is 26.9. The van der Waals surface area contributed by atoms with E-state index in [9.17, 15) is 4.79 Å². The maximum atomic E-state index is 10.4. The molecule has 2 atom stereocenters. The van der Waals surface area contributed by atoms with Crippen molar-refractivity contribution in [3.05, 3.63) is 12.7 Å². The summed E-state index contributed by atoms with van der Waals surface area (Å²) in [6.45, 7) is 3.59. The minimum Gasteiger partial charge on any atom is -0.447 e. The van der Waals surface area contributed by atoms with Gasteiger partial charge in [0, 0.05) is 0 Å². The molecule has 0 bridgehead atoms. The van der Waals surface area contributed by atoms with Crippen LogP contribution in [-0.2, 0) is 4.74 Å². The molecule has 0 aromatic carbocycles. The molecule has 0 saturated carbocycles. The van der Waals surface area contributed by atoms with Gasteiger partial charge in [-0.05, 0) is 0 Å². The second-order valence-electron chi connectivity index (χ2n) is 2.08. The van der Waals surface area contributed by atoms with Gasteiger partial charge in [0.15, 0.2) is 0 Å². The second kappa shape index (κ2) is 2.70. The largest absolute Gasteiger partial charge is 0.447 e. The number of aliphatic hydroxyl groups is 1. The van der Waals surface area contributed by atoms with E-state index in [1.165, 1.54) is 6.08 Å². The quantitative estimate of drug-likeness (QED) is 0.519. The van der Waals surface area contributed by atoms with Gasteiger partial charge in [-0.25, -0.2) is 4.79 Å². The zero-order valence-corrected chi connectivity index (χ0v) is 5.41. The number of carbonyl (C=O) groups is 1. The van der Waals surface area contributed by atoms with Crippen molar-refractivity contribution in [1.82, 2.24) is 5.32 Å². The lowest BCUT2D eigenvalue weighted by Crippen LogP contribution is -2.36. The summed E-state index contributed by atoms with van der Waals surface area (Å²) in [7, 11) is 0. The lowest BCUT2D eigenvalue weighted by molar-refractivity contribution is 0.157. The van der Waals surface area contributed by atoms with Crippen molar-refractivity contribution in [3.63, 3.8) is 0 Å². The molecule has 1 heterocycles. The summed E-state index contributed by atoms with van der Waals surface area (Å²) in [4.78, 5) is 10.4. The first-order valence-corrected chi connectivity index (χ1v) is 2.98. The third-order valence-electron chi connectivity index (χ3n) is 1.35. The van der Waals surface area contributed by atoms with Gasteiger partial charge in [-0.15, -0.1) is 6.58 Å². The number of amides is 1. The molecule has 1 amide bonds. The smallest absolute Gasteiger partial charge is 0.407 e. The van der Waals surface area contributed by atoms with E-state index in [1.54, 1.807) is 0 Å². The summed E-state index contributed by atoms with van der Waals surface area (Å²) < 4.78 is 4.53. The fraction of sp³-hybridized carbons (Fsp3) is 0.500. The molecule has 2 N–H and O–H groups in total. The van der Waals surface area contributed by atoms with E-state index in [2.05, 4.69) is 16.6 Å². The Morgan fingerprint density at radius 2 is 2.70 bits per heavy atom. The van der Waals surface area contributed by atoms with Crippen molar-refractivity contribution in [2.24, 2.45) is 0 Å². The number of carbonyl (C=O) groups excluding carboxylic acids is 1. The van der Waals surface area contributed by atoms with Crippen LogP contribution in [0.25, 0.3) is 0 Å². The Morgan fingerprint density at radius 1 is 2.00 bits per heavy atom. The van der Waals surface area contributed by atoms with Crippen molar-refractivity contribution >= 4 is 6.09 Å². The molecule has 0 radical (unpaired) electrons. The standard InChI is InChI=1S/C6H9NO3/c1-2-5(8)4-3-10-6(9)7-4/h2,4-5,8H,1,3H2,(H,7,9)/t4-,5+/m1/s1. The number of hydrogen-bond acceptors (Lipinski definition) is 3. The summed E-state index contributed by atoms with van der Waals surface area (Å²) in [5, 5.41) is 11.5. The molecular formula is C6H9NO3. The lowest BCUT2D eigenvalue weighted by atomic mass is 10.2. The van der Waals surface area contributed by atoms with Gasteiger partial charge in [0.2, 0.25) is 0 Å². The highest BCUT2D eigenvalue weighted by Crippen LogP contribution is 2.02. The summed E-state index contributed by atoms with van der Waals surface area (Å²) in [5.41, 5.74) is 0. The van der Waals surface area contributed by atoms with Crippen molar-refractivity contribution in [3.8, 4) is 0 Å². The Kier molecular flexibility index (Phi) is 1.91. The van der Waals surface area contributed by atoms with Gasteiger partial charge < -0.3 is 15.2 Å². The van der Waals surface area contributed by atoms with Gasteiger partial charge in [0.25, 0.3) is 0 Å². The number of alkyl carbamates (subject to hydrolysis) is 1. The Balaban J connectivity index is 2.43. The molecule has 0 aliphatic carbocycles. The molecule has 1 saturated heterocycles. The third-order valence-corrected chi connectivity index (χ3v) is 1.35. The first kappa shape index (κ1) is 7.08. The zero-order valence-electron chi connectivity index (χ0n) is 5.41. The molecule has 4 heteroatoms. The van der Waals surface area contributed by atoms with Crippen LogP contribution in [0.4, 0.5) is 4.79 Å². The van der Waals surface area contributed by atoms with Gasteiger partial charge in [-0.3, -0.25) is 0 Å². The maximum absolute atomic E-state index is 10.4. The molecule has 1 rings (SSSR count). The number of cyclic esters (lactones) is 1. The summed E-state index contributed by atoms with van der Waals surface area (Å²) >= 11 is 0. The average Bonchev–Trinajstić information content (AvgIpc) is 2.34. The van der Waals surface area contributed by atoms with E-state index in [4.69, 9.17) is 5.11 Å². The molecule has 1 aliphatic rings. The van der Waals surface area contributed by atoms with E-state index >= 15 is 0 Å². The predicted molar refractivity (Wildman–Crippen MR) is 34.5 cm³/mol. The Hall–Kier alpha value is -1.03. The van der Waals surface area contributed by atoms with Crippen LogP contribution in [-0.4, -0.2) is 30.0 Å². The van der Waals surface area contributed by atoms with E-state index in [1.807, 2.05) is 0 Å². The Morgan fingerprint density at radius 3 is 3.10 bits per heavy atom. The molecule has 1 aliphatic heterocycles. The van der Waals surface area contributed by atoms with Gasteiger partial charge in [-0.2, -0.15) is 0 Å². The van der Waals surface area contributed by atoms with E-state index < -0.39 is 12.2 Å².